The predicted octanol–water partition coefficient (Wildman–Crippen LogP) is -0.920. The monoisotopic (exact) mass is 417 g/mol. The van der Waals surface area contributed by atoms with Crippen molar-refractivity contribution in [3.63, 3.8) is 0 Å². The Balaban J connectivity index is 1.85. The molecule has 2 atom stereocenters. The Morgan fingerprint density at radius 1 is 0.844 bits per heavy atom. The minimum Gasteiger partial charge on any atom is -0.279 e. The molecule has 2 bridgehead atoms. The maximum Gasteiger partial charge on any atom is 0.148 e. The minimum atomic E-state index is -0.0902. The highest BCUT2D eigenvalue weighted by atomic mass is 15.1. The topological polar surface area (TPSA) is 30.2 Å². The summed E-state index contributed by atoms with van der Waals surface area (Å²) >= 11 is 0. The van der Waals surface area contributed by atoms with Crippen LogP contribution in [0.4, 0.5) is 0 Å². The molecule has 2 unspecified atom stereocenters. The first kappa shape index (κ1) is 20.4. The normalized spacial score (nSPS) is 24.8. The third kappa shape index (κ3) is 2.33. The van der Waals surface area contributed by atoms with Crippen molar-refractivity contribution in [1.82, 2.24) is 14.4 Å². The average Bonchev–Trinajstić information content (AvgIpc) is 3.32. The van der Waals surface area contributed by atoms with Gasteiger partial charge in [0.05, 0.1) is 16.6 Å². The quantitative estimate of drug-likeness (QED) is 0.347. The van der Waals surface area contributed by atoms with Crippen LogP contribution in [0.15, 0.2) is 12.1 Å². The van der Waals surface area contributed by atoms with E-state index >= 15 is 0 Å². The number of benzene rings is 2. The summed E-state index contributed by atoms with van der Waals surface area (Å²) in [5.74, 6) is 1.10. The highest BCUT2D eigenvalue weighted by molar-refractivity contribution is 6.66. The van der Waals surface area contributed by atoms with Gasteiger partial charge in [-0.3, -0.25) is 4.40 Å². The standard InChI is InChI=1S/C25H31B4N3/c1-23(2,3)22-31-20-15(16(26)17(27)18(28)19(20)29)21-30-13-8-11-12(9-14(13)32(21)22)25(5)7-6-24(11,4)10-25/h8-9H,6-7,10,26-29H2,1-5H3. The number of rotatable bonds is 0. The molecule has 0 N–H and O–H groups in total. The van der Waals surface area contributed by atoms with Gasteiger partial charge in [0.1, 0.15) is 42.9 Å². The second-order valence-electron chi connectivity index (χ2n) is 12.4. The van der Waals surface area contributed by atoms with E-state index < -0.39 is 0 Å². The van der Waals surface area contributed by atoms with Crippen molar-refractivity contribution >= 4 is 80.8 Å². The van der Waals surface area contributed by atoms with Crippen LogP contribution in [0.25, 0.3) is 27.6 Å². The molecule has 0 radical (unpaired) electrons. The van der Waals surface area contributed by atoms with Gasteiger partial charge >= 0.3 is 0 Å². The summed E-state index contributed by atoms with van der Waals surface area (Å²) in [6.45, 7) is 11.7. The van der Waals surface area contributed by atoms with Gasteiger partial charge in [0.2, 0.25) is 0 Å². The Bertz CT molecular complexity index is 1510. The molecule has 0 aliphatic heterocycles. The first-order valence-electron chi connectivity index (χ1n) is 12.1. The van der Waals surface area contributed by atoms with Gasteiger partial charge in [-0.2, -0.15) is 0 Å². The molecule has 2 aliphatic rings. The fraction of sp³-hybridized carbons (Fsp3) is 0.440. The van der Waals surface area contributed by atoms with Crippen molar-refractivity contribution in [3.8, 4) is 0 Å². The van der Waals surface area contributed by atoms with E-state index in [1.807, 2.05) is 0 Å². The molecule has 2 aliphatic carbocycles. The molecule has 6 rings (SSSR count). The second kappa shape index (κ2) is 5.85. The van der Waals surface area contributed by atoms with Crippen LogP contribution in [0.5, 0.6) is 0 Å². The molecular formula is C25H31B4N3. The number of fused-ring (bicyclic) bond motifs is 10. The number of imidazole rings is 1. The van der Waals surface area contributed by atoms with Crippen LogP contribution in [-0.2, 0) is 16.2 Å². The number of hydrogen-bond acceptors (Lipinski definition) is 2. The minimum absolute atomic E-state index is 0.0902. The molecule has 0 spiro atoms. The average molecular weight is 417 g/mol. The molecule has 2 heterocycles. The number of hydrogen-bond donors (Lipinski definition) is 0. The van der Waals surface area contributed by atoms with E-state index in [0.717, 1.165) is 22.5 Å². The Morgan fingerprint density at radius 2 is 1.44 bits per heavy atom. The van der Waals surface area contributed by atoms with Crippen LogP contribution in [0.3, 0.4) is 0 Å². The van der Waals surface area contributed by atoms with Crippen molar-refractivity contribution in [2.45, 2.75) is 70.1 Å². The van der Waals surface area contributed by atoms with Gasteiger partial charge in [-0.25, -0.2) is 9.97 Å². The third-order valence-corrected chi connectivity index (χ3v) is 9.08. The van der Waals surface area contributed by atoms with Crippen molar-refractivity contribution in [2.75, 3.05) is 0 Å². The summed E-state index contributed by atoms with van der Waals surface area (Å²) in [4.78, 5) is 10.7. The van der Waals surface area contributed by atoms with E-state index in [-0.39, 0.29) is 5.41 Å². The summed E-state index contributed by atoms with van der Waals surface area (Å²) in [5.41, 5.74) is 13.4. The third-order valence-electron chi connectivity index (χ3n) is 9.08. The summed E-state index contributed by atoms with van der Waals surface area (Å²) in [7, 11) is 8.92. The van der Waals surface area contributed by atoms with Gasteiger partial charge in [-0.1, -0.05) is 51.0 Å². The molecule has 2 aromatic heterocycles. The zero-order valence-corrected chi connectivity index (χ0v) is 21.1. The first-order chi connectivity index (χ1) is 14.9. The van der Waals surface area contributed by atoms with Crippen molar-refractivity contribution in [2.24, 2.45) is 0 Å². The molecule has 7 heteroatoms. The SMILES string of the molecule is Bc1c(B)c(B)c2c(nc(C(C)(C)C)n3c4cc5c(cc4nc23)C2(C)CCC5(C)C2)c1B. The summed E-state index contributed by atoms with van der Waals surface area (Å²) < 4.78 is 2.39. The lowest BCUT2D eigenvalue weighted by Gasteiger charge is -2.27. The van der Waals surface area contributed by atoms with Crippen LogP contribution in [0.1, 0.15) is 70.8 Å². The van der Waals surface area contributed by atoms with Crippen LogP contribution < -0.4 is 21.9 Å². The zero-order valence-electron chi connectivity index (χ0n) is 21.1. The number of aromatic nitrogens is 3. The molecule has 1 saturated carbocycles. The van der Waals surface area contributed by atoms with Crippen molar-refractivity contribution in [3.05, 3.63) is 29.1 Å². The van der Waals surface area contributed by atoms with Gasteiger partial charge in [0.25, 0.3) is 0 Å². The van der Waals surface area contributed by atoms with Gasteiger partial charge in [-0.05, 0) is 53.4 Å². The smallest absolute Gasteiger partial charge is 0.148 e. The maximum atomic E-state index is 5.35. The molecule has 3 nitrogen and oxygen atoms in total. The molecule has 1 fully saturated rings. The van der Waals surface area contributed by atoms with E-state index in [4.69, 9.17) is 9.97 Å². The Morgan fingerprint density at radius 3 is 2.06 bits per heavy atom. The molecule has 32 heavy (non-hydrogen) atoms. The molecular weight excluding hydrogens is 386 g/mol. The van der Waals surface area contributed by atoms with Crippen LogP contribution in [0.2, 0.25) is 0 Å². The summed E-state index contributed by atoms with van der Waals surface area (Å²) in [6.07, 6.45) is 3.86. The Labute approximate surface area is 194 Å². The van der Waals surface area contributed by atoms with Gasteiger partial charge in [0.15, 0.2) is 0 Å². The van der Waals surface area contributed by atoms with Crippen LogP contribution >= 0.6 is 0 Å². The Hall–Kier alpha value is -2.16. The molecule has 158 valence electrons. The fourth-order valence-electron chi connectivity index (χ4n) is 6.92. The lowest BCUT2D eigenvalue weighted by atomic mass is 9.65. The van der Waals surface area contributed by atoms with E-state index in [0.29, 0.717) is 10.8 Å². The molecule has 2 aromatic carbocycles. The second-order valence-corrected chi connectivity index (χ2v) is 12.4. The Kier molecular flexibility index (Phi) is 3.73. The molecule has 0 amide bonds. The summed E-state index contributed by atoms with van der Waals surface area (Å²) in [6, 6.07) is 4.89. The van der Waals surface area contributed by atoms with Crippen LogP contribution in [0, 0.1) is 0 Å². The van der Waals surface area contributed by atoms with Crippen molar-refractivity contribution in [1.29, 1.82) is 0 Å². The predicted molar refractivity (Wildman–Crippen MR) is 148 cm³/mol. The van der Waals surface area contributed by atoms with Gasteiger partial charge < -0.3 is 0 Å². The van der Waals surface area contributed by atoms with E-state index in [1.165, 1.54) is 57.6 Å². The van der Waals surface area contributed by atoms with Crippen molar-refractivity contribution < 1.29 is 0 Å². The molecule has 0 saturated heterocycles. The van der Waals surface area contributed by atoms with E-state index in [1.54, 1.807) is 5.56 Å². The highest BCUT2D eigenvalue weighted by Gasteiger charge is 2.53. The number of nitrogens with zero attached hydrogens (tertiary/aromatic N) is 3. The maximum absolute atomic E-state index is 5.35. The van der Waals surface area contributed by atoms with Crippen LogP contribution in [-0.4, -0.2) is 45.8 Å². The van der Waals surface area contributed by atoms with E-state index in [2.05, 4.69) is 82.5 Å². The lowest BCUT2D eigenvalue weighted by molar-refractivity contribution is 0.484. The lowest BCUT2D eigenvalue weighted by Crippen LogP contribution is -2.48. The first-order valence-corrected chi connectivity index (χ1v) is 12.1. The molecule has 4 aromatic rings. The van der Waals surface area contributed by atoms with E-state index in [9.17, 15) is 0 Å². The van der Waals surface area contributed by atoms with Gasteiger partial charge in [-0.15, -0.1) is 5.46 Å². The zero-order chi connectivity index (χ0) is 23.0. The fourth-order valence-corrected chi connectivity index (χ4v) is 6.92. The van der Waals surface area contributed by atoms with Gasteiger partial charge in [0, 0.05) is 10.8 Å². The summed E-state index contributed by atoms with van der Waals surface area (Å²) in [5, 5.41) is 1.22. The highest BCUT2D eigenvalue weighted by Crippen LogP contribution is 2.60. The largest absolute Gasteiger partial charge is 0.279 e.